The lowest BCUT2D eigenvalue weighted by molar-refractivity contribution is -0.894. The van der Waals surface area contributed by atoms with Gasteiger partial charge in [0.25, 0.3) is 0 Å². The van der Waals surface area contributed by atoms with Crippen molar-refractivity contribution in [2.24, 2.45) is 5.92 Å². The van der Waals surface area contributed by atoms with Gasteiger partial charge < -0.3 is 38.5 Å². The summed E-state index contributed by atoms with van der Waals surface area (Å²) in [6, 6.07) is 24.6. The number of quaternary nitrogens is 1. The Bertz CT molecular complexity index is 1320. The molecule has 0 amide bonds. The molecule has 45 heavy (non-hydrogen) atoms. The van der Waals surface area contributed by atoms with Gasteiger partial charge in [-0.3, -0.25) is 4.79 Å². The molecule has 2 saturated heterocycles. The Labute approximate surface area is 266 Å². The van der Waals surface area contributed by atoms with Gasteiger partial charge in [-0.05, 0) is 68.1 Å². The van der Waals surface area contributed by atoms with E-state index in [1.165, 1.54) is 26.6 Å². The lowest BCUT2D eigenvalue weighted by Crippen LogP contribution is -3.11. The number of hydrogen-bond acceptors (Lipinski definition) is 8. The zero-order chi connectivity index (χ0) is 32.6. The van der Waals surface area contributed by atoms with Crippen LogP contribution in [0.15, 0.2) is 78.9 Å². The summed E-state index contributed by atoms with van der Waals surface area (Å²) >= 11 is 0. The lowest BCUT2D eigenvalue weighted by Gasteiger charge is -2.42. The van der Waals surface area contributed by atoms with Crippen LogP contribution in [0.1, 0.15) is 50.8 Å². The first-order valence-electron chi connectivity index (χ1n) is 15.6. The number of rotatable bonds is 12. The fourth-order valence-corrected chi connectivity index (χ4v) is 6.33. The quantitative estimate of drug-likeness (QED) is 0.244. The van der Waals surface area contributed by atoms with Crippen LogP contribution >= 0.6 is 0 Å². The van der Waals surface area contributed by atoms with Crippen molar-refractivity contribution in [3.05, 3.63) is 95.6 Å². The van der Waals surface area contributed by atoms with E-state index in [4.69, 9.17) is 23.7 Å². The Balaban J connectivity index is 0.000000591. The van der Waals surface area contributed by atoms with Crippen molar-refractivity contribution in [3.63, 3.8) is 0 Å². The maximum absolute atomic E-state index is 12.1. The second-order valence-electron chi connectivity index (χ2n) is 11.3. The molecular formula is C36H45NO8. The smallest absolute Gasteiger partial charge is 0.303 e. The van der Waals surface area contributed by atoms with Crippen molar-refractivity contribution >= 4 is 11.9 Å². The van der Waals surface area contributed by atoms with Crippen LogP contribution in [0.5, 0.6) is 11.5 Å². The highest BCUT2D eigenvalue weighted by Gasteiger charge is 2.59. The first kappa shape index (κ1) is 34.0. The van der Waals surface area contributed by atoms with Crippen LogP contribution in [0.25, 0.3) is 0 Å². The molecule has 2 aliphatic rings. The zero-order valence-electron chi connectivity index (χ0n) is 27.0. The molecule has 242 valence electrons. The van der Waals surface area contributed by atoms with Gasteiger partial charge in [0.15, 0.2) is 6.10 Å². The van der Waals surface area contributed by atoms with E-state index >= 15 is 0 Å². The number of esters is 1. The molecule has 9 heteroatoms. The van der Waals surface area contributed by atoms with Gasteiger partial charge in [-0.1, -0.05) is 54.6 Å². The summed E-state index contributed by atoms with van der Waals surface area (Å²) < 4.78 is 29.5. The van der Waals surface area contributed by atoms with E-state index < -0.39 is 47.9 Å². The van der Waals surface area contributed by atoms with E-state index in [1.54, 1.807) is 19.1 Å². The number of carbonyl (C=O) groups excluding carboxylic acids is 2. The van der Waals surface area contributed by atoms with Crippen molar-refractivity contribution in [1.82, 2.24) is 0 Å². The molecular weight excluding hydrogens is 574 g/mol. The summed E-state index contributed by atoms with van der Waals surface area (Å²) in [5.41, 5.74) is 1.10. The Kier molecular flexibility index (Phi) is 11.6. The van der Waals surface area contributed by atoms with E-state index in [0.717, 1.165) is 16.7 Å². The van der Waals surface area contributed by atoms with Crippen molar-refractivity contribution in [2.75, 3.05) is 33.9 Å². The van der Waals surface area contributed by atoms with E-state index in [-0.39, 0.29) is 6.42 Å². The second-order valence-corrected chi connectivity index (χ2v) is 11.3. The molecule has 2 fully saturated rings. The minimum atomic E-state index is -1.23. The van der Waals surface area contributed by atoms with Crippen LogP contribution in [0, 0.1) is 5.92 Å². The van der Waals surface area contributed by atoms with E-state index in [1.807, 2.05) is 78.9 Å². The molecule has 3 aromatic carbocycles. The van der Waals surface area contributed by atoms with Crippen molar-refractivity contribution in [2.45, 2.75) is 64.1 Å². The molecule has 5 atom stereocenters. The number of benzene rings is 3. The minimum absolute atomic E-state index is 0.189. The van der Waals surface area contributed by atoms with E-state index in [0.29, 0.717) is 11.5 Å². The Morgan fingerprint density at radius 3 is 1.69 bits per heavy atom. The topological polar surface area (TPSA) is 108 Å². The summed E-state index contributed by atoms with van der Waals surface area (Å²) in [7, 11) is 3.19. The molecule has 0 spiro atoms. The third-order valence-corrected chi connectivity index (χ3v) is 8.82. The molecule has 5 rings (SSSR count). The maximum Gasteiger partial charge on any atom is 0.303 e. The van der Waals surface area contributed by atoms with Gasteiger partial charge in [-0.15, -0.1) is 0 Å². The van der Waals surface area contributed by atoms with Gasteiger partial charge in [-0.2, -0.15) is 0 Å². The van der Waals surface area contributed by atoms with E-state index in [9.17, 15) is 14.7 Å². The maximum atomic E-state index is 12.1. The number of methoxy groups -OCH3 is 2. The molecule has 9 nitrogen and oxygen atoms in total. The highest BCUT2D eigenvalue weighted by molar-refractivity contribution is 5.70. The van der Waals surface area contributed by atoms with Gasteiger partial charge >= 0.3 is 5.97 Å². The van der Waals surface area contributed by atoms with Crippen LogP contribution in [0.4, 0.5) is 0 Å². The minimum Gasteiger partial charge on any atom is -0.550 e. The normalized spacial score (nSPS) is 22.0. The average Bonchev–Trinajstić information content (AvgIpc) is 3.65. The summed E-state index contributed by atoms with van der Waals surface area (Å²) in [5.74, 6) is -1.26. The summed E-state index contributed by atoms with van der Waals surface area (Å²) in [6.07, 6.45) is -2.95. The molecule has 5 unspecified atom stereocenters. The van der Waals surface area contributed by atoms with Gasteiger partial charge in [0, 0.05) is 18.8 Å². The zero-order valence-corrected chi connectivity index (χ0v) is 27.0. The number of hydrogen-bond donors (Lipinski definition) is 1. The van der Waals surface area contributed by atoms with Crippen LogP contribution in [0.2, 0.25) is 0 Å². The Morgan fingerprint density at radius 1 is 0.800 bits per heavy atom. The Hall–Kier alpha value is -3.92. The highest BCUT2D eigenvalue weighted by Crippen LogP contribution is 2.49. The van der Waals surface area contributed by atoms with Crippen molar-refractivity contribution in [3.8, 4) is 11.5 Å². The van der Waals surface area contributed by atoms with Crippen LogP contribution < -0.4 is 19.5 Å². The molecule has 3 aromatic rings. The lowest BCUT2D eigenvalue weighted by atomic mass is 9.78. The number of ether oxygens (including phenoxy) is 5. The molecule has 2 heterocycles. The van der Waals surface area contributed by atoms with Crippen LogP contribution in [0.3, 0.4) is 0 Å². The molecule has 0 saturated carbocycles. The predicted molar refractivity (Wildman–Crippen MR) is 167 cm³/mol. The monoisotopic (exact) mass is 619 g/mol. The predicted octanol–water partition coefficient (Wildman–Crippen LogP) is 2.78. The molecule has 2 bridgehead atoms. The van der Waals surface area contributed by atoms with Gasteiger partial charge in [0.1, 0.15) is 23.2 Å². The first-order valence-corrected chi connectivity index (χ1v) is 15.6. The third kappa shape index (κ3) is 7.32. The fourth-order valence-electron chi connectivity index (χ4n) is 6.33. The summed E-state index contributed by atoms with van der Waals surface area (Å²) in [4.78, 5) is 25.7. The molecule has 0 aromatic heterocycles. The molecule has 0 radical (unpaired) electrons. The number of carboxylic acid groups (broad SMARTS) is 1. The van der Waals surface area contributed by atoms with Gasteiger partial charge in [0.05, 0.1) is 46.1 Å². The van der Waals surface area contributed by atoms with Gasteiger partial charge in [-0.25, -0.2) is 0 Å². The van der Waals surface area contributed by atoms with Crippen molar-refractivity contribution in [1.29, 1.82) is 0 Å². The second kappa shape index (κ2) is 15.4. The largest absolute Gasteiger partial charge is 0.550 e. The number of carbonyl (C=O) groups is 2. The molecule has 0 aliphatic carbocycles. The van der Waals surface area contributed by atoms with Crippen molar-refractivity contribution < 1.29 is 43.3 Å². The number of carboxylic acids is 1. The summed E-state index contributed by atoms with van der Waals surface area (Å²) in [6.45, 7) is 11.8. The highest BCUT2D eigenvalue weighted by atomic mass is 16.6. The Morgan fingerprint density at radius 2 is 1.29 bits per heavy atom. The number of aliphatic carboxylic acids is 1. The fraction of sp³-hybridized carbons (Fsp3) is 0.444. The summed E-state index contributed by atoms with van der Waals surface area (Å²) in [5, 5.41) is 12.0. The molecule has 1 N–H and O–H groups in total. The average molecular weight is 620 g/mol. The number of fused-ring (bicyclic) bond motifs is 2. The first-order chi connectivity index (χ1) is 21.7. The SMILES string of the molecule is CC[NH+](CC)CC.COc1ccc(C(OC2C(OC(C)=O)C3CC(C(=O)[O-])C2O3)(c2ccccc2)c2ccc(OC)cc2)cc1. The van der Waals surface area contributed by atoms with Crippen LogP contribution in [-0.2, 0) is 29.4 Å². The standard InChI is InChI=1S/C30H30O8.C6H15N/c1-18(31)36-27-25-17-24(29(32)33)26(37-25)28(27)38-30(19-7-5-4-6-8-19,20-9-13-22(34-2)14-10-20)21-11-15-23(35-3)16-12-21;1-4-7(5-2)6-3/h4-16,24-28H,17H2,1-3H3,(H,32,33);4-6H2,1-3H3. The van der Waals surface area contributed by atoms with E-state index in [2.05, 4.69) is 20.8 Å². The van der Waals surface area contributed by atoms with Crippen LogP contribution in [-0.4, -0.2) is 70.2 Å². The molecule has 2 aliphatic heterocycles. The third-order valence-electron chi connectivity index (χ3n) is 8.82. The number of nitrogens with one attached hydrogen (secondary N) is 1. The van der Waals surface area contributed by atoms with Gasteiger partial charge in [0.2, 0.25) is 0 Å².